The van der Waals surface area contributed by atoms with Gasteiger partial charge in [-0.3, -0.25) is 9.59 Å². The molecule has 2 rings (SSSR count). The van der Waals surface area contributed by atoms with Gasteiger partial charge in [-0.15, -0.1) is 0 Å². The maximum atomic E-state index is 12.6. The first-order valence-electron chi connectivity index (χ1n) is 7.56. The Morgan fingerprint density at radius 3 is 2.52 bits per heavy atom. The van der Waals surface area contributed by atoms with Crippen molar-refractivity contribution in [3.05, 3.63) is 34.9 Å². The second-order valence-electron chi connectivity index (χ2n) is 5.57. The van der Waals surface area contributed by atoms with Gasteiger partial charge in [-0.1, -0.05) is 12.1 Å². The van der Waals surface area contributed by atoms with Crippen LogP contribution in [-0.2, 0) is 9.53 Å². The van der Waals surface area contributed by atoms with Crippen LogP contribution in [0, 0.1) is 19.8 Å². The van der Waals surface area contributed by atoms with E-state index in [0.717, 1.165) is 16.7 Å². The van der Waals surface area contributed by atoms with Gasteiger partial charge in [0.15, 0.2) is 0 Å². The predicted octanol–water partition coefficient (Wildman–Crippen LogP) is 2.72. The molecule has 1 fully saturated rings. The fraction of sp³-hybridized carbons (Fsp3) is 0.529. The zero-order valence-electron chi connectivity index (χ0n) is 13.0. The van der Waals surface area contributed by atoms with E-state index >= 15 is 0 Å². The van der Waals surface area contributed by atoms with Crippen molar-refractivity contribution in [1.29, 1.82) is 0 Å². The Bertz CT molecular complexity index is 531. The van der Waals surface area contributed by atoms with E-state index in [9.17, 15) is 9.59 Å². The Balaban J connectivity index is 2.00. The molecule has 0 saturated carbocycles. The van der Waals surface area contributed by atoms with Gasteiger partial charge in [-0.25, -0.2) is 0 Å². The van der Waals surface area contributed by atoms with Gasteiger partial charge in [0.1, 0.15) is 0 Å². The van der Waals surface area contributed by atoms with Crippen LogP contribution in [0.15, 0.2) is 18.2 Å². The second-order valence-corrected chi connectivity index (χ2v) is 5.57. The molecular weight excluding hydrogens is 266 g/mol. The number of nitrogens with zero attached hydrogens (tertiary/aromatic N) is 1. The van der Waals surface area contributed by atoms with Crippen LogP contribution in [0.1, 0.15) is 41.3 Å². The summed E-state index contributed by atoms with van der Waals surface area (Å²) < 4.78 is 5.05. The Morgan fingerprint density at radius 2 is 1.90 bits per heavy atom. The van der Waals surface area contributed by atoms with Gasteiger partial charge in [-0.05, 0) is 50.8 Å². The number of ether oxygens (including phenoxy) is 1. The molecule has 4 nitrogen and oxygen atoms in total. The SMILES string of the molecule is CCOC(=O)C1CCN(C(=O)c2cccc(C)c2C)CC1. The first kappa shape index (κ1) is 15.5. The van der Waals surface area contributed by atoms with E-state index in [1.807, 2.05) is 43.9 Å². The monoisotopic (exact) mass is 289 g/mol. The lowest BCUT2D eigenvalue weighted by molar-refractivity contribution is -0.149. The molecule has 1 amide bonds. The smallest absolute Gasteiger partial charge is 0.309 e. The highest BCUT2D eigenvalue weighted by Crippen LogP contribution is 2.22. The summed E-state index contributed by atoms with van der Waals surface area (Å²) in [4.78, 5) is 26.1. The first-order chi connectivity index (χ1) is 10.0. The van der Waals surface area contributed by atoms with Crippen LogP contribution in [-0.4, -0.2) is 36.5 Å². The van der Waals surface area contributed by atoms with E-state index in [-0.39, 0.29) is 17.8 Å². The molecule has 0 N–H and O–H groups in total. The third kappa shape index (κ3) is 3.43. The molecule has 0 atom stereocenters. The first-order valence-corrected chi connectivity index (χ1v) is 7.56. The fourth-order valence-corrected chi connectivity index (χ4v) is 2.73. The standard InChI is InChI=1S/C17H23NO3/c1-4-21-17(20)14-8-10-18(11-9-14)16(19)15-7-5-6-12(2)13(15)3/h5-7,14H,4,8-11H2,1-3H3. The predicted molar refractivity (Wildman–Crippen MR) is 81.2 cm³/mol. The minimum absolute atomic E-state index is 0.0624. The minimum Gasteiger partial charge on any atom is -0.466 e. The van der Waals surface area contributed by atoms with E-state index in [1.54, 1.807) is 0 Å². The molecule has 4 heteroatoms. The number of piperidine rings is 1. The molecule has 1 saturated heterocycles. The van der Waals surface area contributed by atoms with Crippen molar-refractivity contribution in [3.63, 3.8) is 0 Å². The van der Waals surface area contributed by atoms with E-state index in [4.69, 9.17) is 4.74 Å². The fourth-order valence-electron chi connectivity index (χ4n) is 2.73. The Hall–Kier alpha value is -1.84. The van der Waals surface area contributed by atoms with Crippen LogP contribution >= 0.6 is 0 Å². The summed E-state index contributed by atoms with van der Waals surface area (Å²) in [6.07, 6.45) is 1.38. The zero-order chi connectivity index (χ0) is 15.4. The molecule has 21 heavy (non-hydrogen) atoms. The third-order valence-corrected chi connectivity index (χ3v) is 4.24. The van der Waals surface area contributed by atoms with Crippen LogP contribution in [0.4, 0.5) is 0 Å². The number of carbonyl (C=O) groups is 2. The van der Waals surface area contributed by atoms with Gasteiger partial charge >= 0.3 is 5.97 Å². The van der Waals surface area contributed by atoms with Crippen LogP contribution < -0.4 is 0 Å². The molecular formula is C17H23NO3. The molecule has 0 bridgehead atoms. The average Bonchev–Trinajstić information content (AvgIpc) is 2.50. The van der Waals surface area contributed by atoms with Crippen molar-refractivity contribution in [2.24, 2.45) is 5.92 Å². The lowest BCUT2D eigenvalue weighted by Gasteiger charge is -2.31. The summed E-state index contributed by atoms with van der Waals surface area (Å²) in [5, 5.41) is 0. The van der Waals surface area contributed by atoms with Crippen molar-refractivity contribution >= 4 is 11.9 Å². The van der Waals surface area contributed by atoms with Crippen molar-refractivity contribution in [3.8, 4) is 0 Å². The molecule has 1 aromatic rings. The zero-order valence-corrected chi connectivity index (χ0v) is 13.0. The van der Waals surface area contributed by atoms with Gasteiger partial charge in [0.25, 0.3) is 5.91 Å². The van der Waals surface area contributed by atoms with E-state index in [0.29, 0.717) is 32.5 Å². The maximum absolute atomic E-state index is 12.6. The molecule has 1 heterocycles. The van der Waals surface area contributed by atoms with Gasteiger partial charge < -0.3 is 9.64 Å². The lowest BCUT2D eigenvalue weighted by Crippen LogP contribution is -2.40. The number of likely N-dealkylation sites (tertiary alicyclic amines) is 1. The number of amides is 1. The Kier molecular flexibility index (Phi) is 4.99. The van der Waals surface area contributed by atoms with E-state index in [2.05, 4.69) is 0 Å². The molecule has 0 radical (unpaired) electrons. The number of hydrogen-bond acceptors (Lipinski definition) is 3. The summed E-state index contributed by atoms with van der Waals surface area (Å²) in [5.41, 5.74) is 2.93. The summed E-state index contributed by atoms with van der Waals surface area (Å²) in [7, 11) is 0. The summed E-state index contributed by atoms with van der Waals surface area (Å²) >= 11 is 0. The van der Waals surface area contributed by atoms with Crippen molar-refractivity contribution in [2.75, 3.05) is 19.7 Å². The number of hydrogen-bond donors (Lipinski definition) is 0. The van der Waals surface area contributed by atoms with Crippen molar-refractivity contribution in [2.45, 2.75) is 33.6 Å². The number of rotatable bonds is 3. The van der Waals surface area contributed by atoms with Gasteiger partial charge in [0.2, 0.25) is 0 Å². The Morgan fingerprint density at radius 1 is 1.24 bits per heavy atom. The van der Waals surface area contributed by atoms with E-state index < -0.39 is 0 Å². The number of carbonyl (C=O) groups excluding carboxylic acids is 2. The van der Waals surface area contributed by atoms with E-state index in [1.165, 1.54) is 0 Å². The van der Waals surface area contributed by atoms with Crippen molar-refractivity contribution < 1.29 is 14.3 Å². The lowest BCUT2D eigenvalue weighted by atomic mass is 9.95. The maximum Gasteiger partial charge on any atom is 0.309 e. The molecule has 0 spiro atoms. The highest BCUT2D eigenvalue weighted by atomic mass is 16.5. The van der Waals surface area contributed by atoms with Gasteiger partial charge in [0, 0.05) is 18.7 Å². The summed E-state index contributed by atoms with van der Waals surface area (Å²) in [5.74, 6) is -0.123. The van der Waals surface area contributed by atoms with Crippen molar-refractivity contribution in [1.82, 2.24) is 4.90 Å². The molecule has 1 aliphatic rings. The minimum atomic E-state index is -0.128. The second kappa shape index (κ2) is 6.74. The molecule has 0 unspecified atom stereocenters. The van der Waals surface area contributed by atoms with Gasteiger partial charge in [0.05, 0.1) is 12.5 Å². The number of esters is 1. The molecule has 114 valence electrons. The largest absolute Gasteiger partial charge is 0.466 e. The molecule has 1 aromatic carbocycles. The van der Waals surface area contributed by atoms with Crippen LogP contribution in [0.5, 0.6) is 0 Å². The average molecular weight is 289 g/mol. The third-order valence-electron chi connectivity index (χ3n) is 4.24. The molecule has 0 aromatic heterocycles. The van der Waals surface area contributed by atoms with Crippen LogP contribution in [0.2, 0.25) is 0 Å². The molecule has 1 aliphatic heterocycles. The number of aryl methyl sites for hydroxylation is 1. The normalized spacial score (nSPS) is 15.9. The topological polar surface area (TPSA) is 46.6 Å². The molecule has 0 aliphatic carbocycles. The number of benzene rings is 1. The highest BCUT2D eigenvalue weighted by Gasteiger charge is 2.29. The summed E-state index contributed by atoms with van der Waals surface area (Å²) in [6, 6.07) is 5.81. The van der Waals surface area contributed by atoms with Gasteiger partial charge in [-0.2, -0.15) is 0 Å². The highest BCUT2D eigenvalue weighted by molar-refractivity contribution is 5.96. The Labute approximate surface area is 126 Å². The van der Waals surface area contributed by atoms with Crippen LogP contribution in [0.25, 0.3) is 0 Å². The quantitative estimate of drug-likeness (QED) is 0.804. The summed E-state index contributed by atoms with van der Waals surface area (Å²) in [6.45, 7) is 7.47. The van der Waals surface area contributed by atoms with Crippen LogP contribution in [0.3, 0.4) is 0 Å².